The summed E-state index contributed by atoms with van der Waals surface area (Å²) in [6.07, 6.45) is 0. The lowest BCUT2D eigenvalue weighted by atomic mass is 10.1. The minimum Gasteiger partial charge on any atom is -0.399 e. The highest BCUT2D eigenvalue weighted by Crippen LogP contribution is 2.20. The molecule has 2 aromatic carbocycles. The first-order chi connectivity index (χ1) is 9.58. The second kappa shape index (κ2) is 6.73. The average molecular weight is 293 g/mol. The smallest absolute Gasteiger partial charge is 0.123 e. The van der Waals surface area contributed by atoms with E-state index >= 15 is 0 Å². The molecule has 2 nitrogen and oxygen atoms in total. The Bertz CT molecular complexity index is 586. The number of hydrogen-bond acceptors (Lipinski definition) is 2. The first kappa shape index (κ1) is 14.8. The third-order valence-corrected chi connectivity index (χ3v) is 3.57. The van der Waals surface area contributed by atoms with Gasteiger partial charge in [-0.05, 0) is 48.0 Å². The van der Waals surface area contributed by atoms with Crippen molar-refractivity contribution < 1.29 is 4.39 Å². The van der Waals surface area contributed by atoms with Crippen molar-refractivity contribution >= 4 is 17.3 Å². The standard InChI is InChI=1S/C16H18ClFN2/c1-2-20(10-12-4-3-5-15(19)8-12)11-13-9-14(18)6-7-16(13)17/h3-9H,2,10-11,19H2,1H3. The van der Waals surface area contributed by atoms with Gasteiger partial charge < -0.3 is 5.73 Å². The van der Waals surface area contributed by atoms with Crippen LogP contribution in [0, 0.1) is 5.82 Å². The zero-order valence-corrected chi connectivity index (χ0v) is 12.2. The Morgan fingerprint density at radius 1 is 1.15 bits per heavy atom. The Hall–Kier alpha value is -1.58. The lowest BCUT2D eigenvalue weighted by Gasteiger charge is -2.21. The zero-order chi connectivity index (χ0) is 14.5. The summed E-state index contributed by atoms with van der Waals surface area (Å²) in [6.45, 7) is 4.29. The summed E-state index contributed by atoms with van der Waals surface area (Å²) >= 11 is 6.11. The van der Waals surface area contributed by atoms with Crippen LogP contribution in [0.4, 0.5) is 10.1 Å². The summed E-state index contributed by atoms with van der Waals surface area (Å²) in [5, 5.41) is 0.595. The Balaban J connectivity index is 2.11. The van der Waals surface area contributed by atoms with Crippen molar-refractivity contribution in [1.29, 1.82) is 0 Å². The number of nitrogens with two attached hydrogens (primary N) is 1. The zero-order valence-electron chi connectivity index (χ0n) is 11.4. The molecular formula is C16H18ClFN2. The van der Waals surface area contributed by atoms with Crippen LogP contribution in [0.25, 0.3) is 0 Å². The molecule has 2 N–H and O–H groups in total. The van der Waals surface area contributed by atoms with E-state index in [-0.39, 0.29) is 5.82 Å². The maximum absolute atomic E-state index is 13.3. The Morgan fingerprint density at radius 2 is 1.95 bits per heavy atom. The van der Waals surface area contributed by atoms with Crippen LogP contribution >= 0.6 is 11.6 Å². The summed E-state index contributed by atoms with van der Waals surface area (Å²) in [4.78, 5) is 2.19. The monoisotopic (exact) mass is 292 g/mol. The molecule has 0 fully saturated rings. The normalized spacial score (nSPS) is 11.0. The molecule has 0 aliphatic rings. The fraction of sp³-hybridized carbons (Fsp3) is 0.250. The van der Waals surface area contributed by atoms with E-state index in [2.05, 4.69) is 11.8 Å². The second-order valence-corrected chi connectivity index (χ2v) is 5.19. The van der Waals surface area contributed by atoms with Gasteiger partial charge in [-0.25, -0.2) is 4.39 Å². The predicted molar refractivity (Wildman–Crippen MR) is 82.1 cm³/mol. The molecule has 0 aliphatic heterocycles. The third kappa shape index (κ3) is 3.95. The van der Waals surface area contributed by atoms with Gasteiger partial charge in [-0.3, -0.25) is 4.90 Å². The summed E-state index contributed by atoms with van der Waals surface area (Å²) < 4.78 is 13.3. The molecule has 0 bridgehead atoms. The Kier molecular flexibility index (Phi) is 4.99. The number of hydrogen-bond donors (Lipinski definition) is 1. The molecular weight excluding hydrogens is 275 g/mol. The van der Waals surface area contributed by atoms with Crippen LogP contribution in [0.2, 0.25) is 5.02 Å². The van der Waals surface area contributed by atoms with Gasteiger partial charge in [-0.1, -0.05) is 30.7 Å². The SMILES string of the molecule is CCN(Cc1cccc(N)c1)Cc1cc(F)ccc1Cl. The van der Waals surface area contributed by atoms with Crippen molar-refractivity contribution in [1.82, 2.24) is 4.90 Å². The lowest BCUT2D eigenvalue weighted by Crippen LogP contribution is -2.22. The van der Waals surface area contributed by atoms with Crippen molar-refractivity contribution in [3.05, 3.63) is 64.4 Å². The first-order valence-electron chi connectivity index (χ1n) is 6.59. The summed E-state index contributed by atoms with van der Waals surface area (Å²) in [7, 11) is 0. The van der Waals surface area contributed by atoms with Crippen LogP contribution < -0.4 is 5.73 Å². The van der Waals surface area contributed by atoms with E-state index in [1.807, 2.05) is 24.3 Å². The van der Waals surface area contributed by atoms with Gasteiger partial charge in [-0.15, -0.1) is 0 Å². The van der Waals surface area contributed by atoms with Gasteiger partial charge in [0.1, 0.15) is 5.82 Å². The molecule has 20 heavy (non-hydrogen) atoms. The average Bonchev–Trinajstić information content (AvgIpc) is 2.42. The first-order valence-corrected chi connectivity index (χ1v) is 6.97. The molecule has 0 amide bonds. The van der Waals surface area contributed by atoms with Crippen LogP contribution in [-0.2, 0) is 13.1 Å². The van der Waals surface area contributed by atoms with E-state index in [4.69, 9.17) is 17.3 Å². The van der Waals surface area contributed by atoms with Gasteiger partial charge in [0, 0.05) is 23.8 Å². The Morgan fingerprint density at radius 3 is 2.65 bits per heavy atom. The topological polar surface area (TPSA) is 29.3 Å². The second-order valence-electron chi connectivity index (χ2n) is 4.78. The molecule has 2 rings (SSSR count). The third-order valence-electron chi connectivity index (χ3n) is 3.21. The van der Waals surface area contributed by atoms with Gasteiger partial charge in [0.15, 0.2) is 0 Å². The minimum absolute atomic E-state index is 0.260. The number of benzene rings is 2. The van der Waals surface area contributed by atoms with Gasteiger partial charge in [0.25, 0.3) is 0 Å². The fourth-order valence-electron chi connectivity index (χ4n) is 2.13. The van der Waals surface area contributed by atoms with Crippen molar-refractivity contribution in [2.24, 2.45) is 0 Å². The molecule has 2 aromatic rings. The van der Waals surface area contributed by atoms with Crippen molar-refractivity contribution in [2.75, 3.05) is 12.3 Å². The number of halogens is 2. The largest absolute Gasteiger partial charge is 0.399 e. The molecule has 0 aromatic heterocycles. The molecule has 106 valence electrons. The number of anilines is 1. The fourth-order valence-corrected chi connectivity index (χ4v) is 2.31. The number of nitrogens with zero attached hydrogens (tertiary/aromatic N) is 1. The maximum atomic E-state index is 13.3. The highest BCUT2D eigenvalue weighted by molar-refractivity contribution is 6.31. The van der Waals surface area contributed by atoms with Gasteiger partial charge >= 0.3 is 0 Å². The molecule has 0 aliphatic carbocycles. The molecule has 0 heterocycles. The van der Waals surface area contributed by atoms with E-state index in [1.54, 1.807) is 6.07 Å². The lowest BCUT2D eigenvalue weighted by molar-refractivity contribution is 0.271. The van der Waals surface area contributed by atoms with Crippen LogP contribution in [0.5, 0.6) is 0 Å². The molecule has 0 unspecified atom stereocenters. The minimum atomic E-state index is -0.260. The van der Waals surface area contributed by atoms with Crippen molar-refractivity contribution in [3.8, 4) is 0 Å². The van der Waals surface area contributed by atoms with Gasteiger partial charge in [0.05, 0.1) is 0 Å². The summed E-state index contributed by atoms with van der Waals surface area (Å²) in [5.74, 6) is -0.260. The van der Waals surface area contributed by atoms with Gasteiger partial charge in [0.2, 0.25) is 0 Å². The van der Waals surface area contributed by atoms with Crippen LogP contribution in [-0.4, -0.2) is 11.4 Å². The molecule has 0 saturated carbocycles. The highest BCUT2D eigenvalue weighted by atomic mass is 35.5. The number of rotatable bonds is 5. The highest BCUT2D eigenvalue weighted by Gasteiger charge is 2.09. The van der Waals surface area contributed by atoms with Gasteiger partial charge in [-0.2, -0.15) is 0 Å². The molecule has 0 atom stereocenters. The van der Waals surface area contributed by atoms with Crippen LogP contribution in [0.3, 0.4) is 0 Å². The van der Waals surface area contributed by atoms with Crippen molar-refractivity contribution in [3.63, 3.8) is 0 Å². The quantitative estimate of drug-likeness (QED) is 0.841. The van der Waals surface area contributed by atoms with E-state index in [9.17, 15) is 4.39 Å². The molecule has 0 saturated heterocycles. The molecule has 0 spiro atoms. The van der Waals surface area contributed by atoms with Crippen LogP contribution in [0.1, 0.15) is 18.1 Å². The van der Waals surface area contributed by atoms with Crippen LogP contribution in [0.15, 0.2) is 42.5 Å². The molecule has 0 radical (unpaired) electrons. The predicted octanol–water partition coefficient (Wildman–Crippen LogP) is 4.08. The van der Waals surface area contributed by atoms with E-state index in [0.29, 0.717) is 11.6 Å². The maximum Gasteiger partial charge on any atom is 0.123 e. The van der Waals surface area contributed by atoms with E-state index in [1.165, 1.54) is 12.1 Å². The van der Waals surface area contributed by atoms with Crippen molar-refractivity contribution in [2.45, 2.75) is 20.0 Å². The Labute approximate surface area is 124 Å². The number of nitrogen functional groups attached to an aromatic ring is 1. The summed E-state index contributed by atoms with van der Waals surface area (Å²) in [6, 6.07) is 12.3. The summed E-state index contributed by atoms with van der Waals surface area (Å²) in [5.41, 5.74) is 8.48. The molecule has 4 heteroatoms. The van der Waals surface area contributed by atoms with E-state index < -0.39 is 0 Å². The van der Waals surface area contributed by atoms with E-state index in [0.717, 1.165) is 29.9 Å².